The van der Waals surface area contributed by atoms with Crippen LogP contribution in [-0.4, -0.2) is 30.4 Å². The Bertz CT molecular complexity index is 614. The molecule has 3 rings (SSSR count). The van der Waals surface area contributed by atoms with Crippen molar-refractivity contribution in [3.05, 3.63) is 29.3 Å². The van der Waals surface area contributed by atoms with Crippen LogP contribution in [0.5, 0.6) is 0 Å². The van der Waals surface area contributed by atoms with Gasteiger partial charge in [-0.15, -0.1) is 12.6 Å². The molecular formula is C23H38N2OS. The standard InChI is InChI=1S/C19H27NOS.C4H11N/c1-13(2)17-8-7-15(11-18(17)22)19(21)20-10-9-14-5-3-4-6-16(14)12-20;1-4(2)3-5/h7-8,11,13-14,16,22H,3-6,9-10,12H2,1-2H3;4H,3,5H2,1-2H3. The zero-order chi connectivity index (χ0) is 20.0. The third-order valence-electron chi connectivity index (χ3n) is 5.95. The number of benzene rings is 1. The Hall–Kier alpha value is -1.00. The number of nitrogens with zero attached hydrogens (tertiary/aromatic N) is 1. The Kier molecular flexibility index (Phi) is 8.68. The van der Waals surface area contributed by atoms with Gasteiger partial charge in [0.15, 0.2) is 0 Å². The second-order valence-corrected chi connectivity index (χ2v) is 9.38. The summed E-state index contributed by atoms with van der Waals surface area (Å²) in [5.41, 5.74) is 7.18. The summed E-state index contributed by atoms with van der Waals surface area (Å²) in [7, 11) is 0. The topological polar surface area (TPSA) is 46.3 Å². The number of hydrogen-bond donors (Lipinski definition) is 2. The summed E-state index contributed by atoms with van der Waals surface area (Å²) in [6.07, 6.45) is 6.59. The van der Waals surface area contributed by atoms with Crippen LogP contribution >= 0.6 is 12.6 Å². The average Bonchev–Trinajstić information content (AvgIpc) is 2.67. The maximum atomic E-state index is 12.8. The summed E-state index contributed by atoms with van der Waals surface area (Å²) >= 11 is 4.57. The summed E-state index contributed by atoms with van der Waals surface area (Å²) in [6, 6.07) is 5.99. The van der Waals surface area contributed by atoms with Gasteiger partial charge in [0, 0.05) is 23.5 Å². The van der Waals surface area contributed by atoms with Crippen molar-refractivity contribution in [2.75, 3.05) is 19.6 Å². The summed E-state index contributed by atoms with van der Waals surface area (Å²) in [6.45, 7) is 11.2. The number of piperidine rings is 1. The highest BCUT2D eigenvalue weighted by molar-refractivity contribution is 7.80. The Morgan fingerprint density at radius 3 is 2.33 bits per heavy atom. The average molecular weight is 391 g/mol. The van der Waals surface area contributed by atoms with Gasteiger partial charge >= 0.3 is 0 Å². The first kappa shape index (κ1) is 22.3. The van der Waals surface area contributed by atoms with Crippen LogP contribution in [0.15, 0.2) is 23.1 Å². The molecule has 1 amide bonds. The van der Waals surface area contributed by atoms with Gasteiger partial charge < -0.3 is 10.6 Å². The van der Waals surface area contributed by atoms with Crippen LogP contribution in [0.4, 0.5) is 0 Å². The van der Waals surface area contributed by atoms with E-state index in [-0.39, 0.29) is 5.91 Å². The van der Waals surface area contributed by atoms with Gasteiger partial charge in [-0.2, -0.15) is 0 Å². The molecule has 1 aromatic rings. The second-order valence-electron chi connectivity index (χ2n) is 8.90. The number of amides is 1. The molecule has 27 heavy (non-hydrogen) atoms. The number of carbonyl (C=O) groups is 1. The van der Waals surface area contributed by atoms with Crippen LogP contribution in [0.1, 0.15) is 81.6 Å². The molecule has 1 aliphatic heterocycles. The molecule has 152 valence electrons. The van der Waals surface area contributed by atoms with E-state index < -0.39 is 0 Å². The molecule has 1 aliphatic carbocycles. The molecule has 0 radical (unpaired) electrons. The molecule has 0 bridgehead atoms. The predicted molar refractivity (Wildman–Crippen MR) is 118 cm³/mol. The molecular weight excluding hydrogens is 352 g/mol. The fourth-order valence-electron chi connectivity index (χ4n) is 4.13. The summed E-state index contributed by atoms with van der Waals surface area (Å²) in [4.78, 5) is 15.8. The third kappa shape index (κ3) is 6.25. The van der Waals surface area contributed by atoms with E-state index in [1.54, 1.807) is 0 Å². The minimum atomic E-state index is 0.189. The fraction of sp³-hybridized carbons (Fsp3) is 0.696. The first-order valence-corrected chi connectivity index (χ1v) is 11.1. The summed E-state index contributed by atoms with van der Waals surface area (Å²) < 4.78 is 0. The van der Waals surface area contributed by atoms with E-state index in [2.05, 4.69) is 51.3 Å². The summed E-state index contributed by atoms with van der Waals surface area (Å²) in [5, 5.41) is 0. The smallest absolute Gasteiger partial charge is 0.253 e. The maximum Gasteiger partial charge on any atom is 0.253 e. The Labute approximate surface area is 171 Å². The molecule has 2 aliphatic rings. The highest BCUT2D eigenvalue weighted by atomic mass is 32.1. The molecule has 0 aromatic heterocycles. The van der Waals surface area contributed by atoms with Crippen LogP contribution in [0, 0.1) is 17.8 Å². The minimum absolute atomic E-state index is 0.189. The largest absolute Gasteiger partial charge is 0.338 e. The Morgan fingerprint density at radius 1 is 1.15 bits per heavy atom. The summed E-state index contributed by atoms with van der Waals surface area (Å²) in [5.74, 6) is 2.89. The first-order chi connectivity index (χ1) is 12.8. The molecule has 3 nitrogen and oxygen atoms in total. The van der Waals surface area contributed by atoms with Gasteiger partial charge in [0.25, 0.3) is 5.91 Å². The number of rotatable bonds is 3. The van der Waals surface area contributed by atoms with E-state index in [0.717, 1.165) is 41.9 Å². The van der Waals surface area contributed by atoms with Gasteiger partial charge in [0.2, 0.25) is 0 Å². The van der Waals surface area contributed by atoms with Crippen molar-refractivity contribution in [2.45, 2.75) is 70.6 Å². The van der Waals surface area contributed by atoms with Crippen LogP contribution < -0.4 is 5.73 Å². The van der Waals surface area contributed by atoms with E-state index in [1.807, 2.05) is 12.1 Å². The van der Waals surface area contributed by atoms with Gasteiger partial charge in [-0.1, -0.05) is 53.0 Å². The molecule has 2 unspecified atom stereocenters. The lowest BCUT2D eigenvalue weighted by Gasteiger charge is -2.41. The van der Waals surface area contributed by atoms with Crippen molar-refractivity contribution < 1.29 is 4.79 Å². The van der Waals surface area contributed by atoms with Gasteiger partial charge in [-0.3, -0.25) is 4.79 Å². The van der Waals surface area contributed by atoms with E-state index >= 15 is 0 Å². The molecule has 2 fully saturated rings. The van der Waals surface area contributed by atoms with E-state index in [4.69, 9.17) is 5.73 Å². The van der Waals surface area contributed by atoms with Gasteiger partial charge in [0.05, 0.1) is 0 Å². The normalized spacial score (nSPS) is 22.3. The molecule has 1 heterocycles. The Balaban J connectivity index is 0.000000465. The third-order valence-corrected chi connectivity index (χ3v) is 6.34. The lowest BCUT2D eigenvalue weighted by Crippen LogP contribution is -2.44. The fourth-order valence-corrected chi connectivity index (χ4v) is 4.60. The van der Waals surface area contributed by atoms with Crippen molar-refractivity contribution >= 4 is 18.5 Å². The molecule has 0 spiro atoms. The molecule has 4 heteroatoms. The molecule has 1 saturated heterocycles. The van der Waals surface area contributed by atoms with Crippen LogP contribution in [0.3, 0.4) is 0 Å². The zero-order valence-electron chi connectivity index (χ0n) is 17.6. The number of hydrogen-bond acceptors (Lipinski definition) is 3. The van der Waals surface area contributed by atoms with Crippen LogP contribution in [0.25, 0.3) is 0 Å². The number of nitrogens with two attached hydrogens (primary N) is 1. The molecule has 1 aromatic carbocycles. The zero-order valence-corrected chi connectivity index (χ0v) is 18.5. The Morgan fingerprint density at radius 2 is 1.78 bits per heavy atom. The predicted octanol–water partition coefficient (Wildman–Crippen LogP) is 5.35. The maximum absolute atomic E-state index is 12.8. The molecule has 1 saturated carbocycles. The number of likely N-dealkylation sites (tertiary alicyclic amines) is 1. The first-order valence-electron chi connectivity index (χ1n) is 10.7. The number of fused-ring (bicyclic) bond motifs is 1. The monoisotopic (exact) mass is 390 g/mol. The van der Waals surface area contributed by atoms with Crippen LogP contribution in [0.2, 0.25) is 0 Å². The highest BCUT2D eigenvalue weighted by Crippen LogP contribution is 2.36. The molecule has 2 N–H and O–H groups in total. The molecule has 2 atom stereocenters. The van der Waals surface area contributed by atoms with E-state index in [0.29, 0.717) is 11.8 Å². The van der Waals surface area contributed by atoms with Crippen LogP contribution in [-0.2, 0) is 0 Å². The van der Waals surface area contributed by atoms with Gasteiger partial charge in [-0.25, -0.2) is 0 Å². The lowest BCUT2D eigenvalue weighted by atomic mass is 9.75. The second kappa shape index (κ2) is 10.5. The SMILES string of the molecule is CC(C)CN.CC(C)c1ccc(C(=O)N2CCC3CCCCC3C2)cc1S. The van der Waals surface area contributed by atoms with Crippen molar-refractivity contribution in [2.24, 2.45) is 23.5 Å². The van der Waals surface area contributed by atoms with Crippen molar-refractivity contribution in [3.63, 3.8) is 0 Å². The van der Waals surface area contributed by atoms with Gasteiger partial charge in [-0.05, 0) is 60.8 Å². The van der Waals surface area contributed by atoms with Crippen molar-refractivity contribution in [1.82, 2.24) is 4.90 Å². The van der Waals surface area contributed by atoms with E-state index in [1.165, 1.54) is 37.7 Å². The lowest BCUT2D eigenvalue weighted by molar-refractivity contribution is 0.0520. The quantitative estimate of drug-likeness (QED) is 0.683. The van der Waals surface area contributed by atoms with Crippen molar-refractivity contribution in [1.29, 1.82) is 0 Å². The highest BCUT2D eigenvalue weighted by Gasteiger charge is 2.33. The van der Waals surface area contributed by atoms with Gasteiger partial charge in [0.1, 0.15) is 0 Å². The van der Waals surface area contributed by atoms with E-state index in [9.17, 15) is 4.79 Å². The number of carbonyl (C=O) groups excluding carboxylic acids is 1. The minimum Gasteiger partial charge on any atom is -0.338 e. The van der Waals surface area contributed by atoms with Crippen molar-refractivity contribution in [3.8, 4) is 0 Å². The number of thiol groups is 1.